The van der Waals surface area contributed by atoms with Crippen molar-refractivity contribution >= 4 is 0 Å². The molecule has 0 saturated heterocycles. The standard InChI is InChI=1S/C13H21N3/c1-2-10-4-3-5-11(8-10)13-15-7-6-12(9-14)16-13/h6-7,10-11H,2-5,8-9,14H2,1H3. The Labute approximate surface area is 97.5 Å². The molecular formula is C13H21N3. The van der Waals surface area contributed by atoms with Crippen LogP contribution in [0.5, 0.6) is 0 Å². The van der Waals surface area contributed by atoms with E-state index >= 15 is 0 Å². The third-order valence-corrected chi connectivity index (χ3v) is 3.67. The summed E-state index contributed by atoms with van der Waals surface area (Å²) in [4.78, 5) is 8.96. The van der Waals surface area contributed by atoms with Gasteiger partial charge in [0.25, 0.3) is 0 Å². The fraction of sp³-hybridized carbons (Fsp3) is 0.692. The summed E-state index contributed by atoms with van der Waals surface area (Å²) in [5.41, 5.74) is 6.57. The van der Waals surface area contributed by atoms with E-state index in [0.29, 0.717) is 12.5 Å². The first-order valence-corrected chi connectivity index (χ1v) is 6.35. The van der Waals surface area contributed by atoms with Gasteiger partial charge in [-0.1, -0.05) is 26.2 Å². The van der Waals surface area contributed by atoms with Crippen LogP contribution >= 0.6 is 0 Å². The molecule has 0 spiro atoms. The molecule has 1 fully saturated rings. The van der Waals surface area contributed by atoms with E-state index in [9.17, 15) is 0 Å². The van der Waals surface area contributed by atoms with Crippen LogP contribution in [-0.2, 0) is 6.54 Å². The predicted octanol–water partition coefficient (Wildman–Crippen LogP) is 2.62. The highest BCUT2D eigenvalue weighted by molar-refractivity contribution is 5.06. The molecule has 0 aliphatic heterocycles. The van der Waals surface area contributed by atoms with E-state index in [4.69, 9.17) is 5.73 Å². The molecule has 3 nitrogen and oxygen atoms in total. The number of hydrogen-bond acceptors (Lipinski definition) is 3. The van der Waals surface area contributed by atoms with Crippen molar-refractivity contribution in [2.24, 2.45) is 11.7 Å². The van der Waals surface area contributed by atoms with Crippen molar-refractivity contribution in [3.8, 4) is 0 Å². The average Bonchev–Trinajstić information content (AvgIpc) is 2.39. The van der Waals surface area contributed by atoms with E-state index in [-0.39, 0.29) is 0 Å². The topological polar surface area (TPSA) is 51.8 Å². The molecule has 1 aromatic rings. The second-order valence-electron chi connectivity index (χ2n) is 4.75. The number of aromatic nitrogens is 2. The van der Waals surface area contributed by atoms with Gasteiger partial charge in [-0.15, -0.1) is 0 Å². The normalized spacial score (nSPS) is 25.6. The van der Waals surface area contributed by atoms with Crippen molar-refractivity contribution in [2.75, 3.05) is 0 Å². The van der Waals surface area contributed by atoms with E-state index in [1.54, 1.807) is 0 Å². The van der Waals surface area contributed by atoms with Crippen LogP contribution < -0.4 is 5.73 Å². The second-order valence-corrected chi connectivity index (χ2v) is 4.75. The molecule has 0 bridgehead atoms. The van der Waals surface area contributed by atoms with E-state index < -0.39 is 0 Å². The van der Waals surface area contributed by atoms with Crippen molar-refractivity contribution in [3.63, 3.8) is 0 Å². The molecule has 88 valence electrons. The van der Waals surface area contributed by atoms with Crippen LogP contribution in [0.2, 0.25) is 0 Å². The van der Waals surface area contributed by atoms with Crippen LogP contribution in [0, 0.1) is 5.92 Å². The van der Waals surface area contributed by atoms with Crippen LogP contribution in [0.1, 0.15) is 56.5 Å². The summed E-state index contributed by atoms with van der Waals surface area (Å²) in [6.07, 6.45) is 8.32. The lowest BCUT2D eigenvalue weighted by atomic mass is 9.80. The number of rotatable bonds is 3. The molecule has 1 heterocycles. The van der Waals surface area contributed by atoms with Crippen molar-refractivity contribution in [1.29, 1.82) is 0 Å². The van der Waals surface area contributed by atoms with Crippen LogP contribution in [0.3, 0.4) is 0 Å². The molecule has 1 aliphatic carbocycles. The molecule has 2 atom stereocenters. The highest BCUT2D eigenvalue weighted by Crippen LogP contribution is 2.35. The van der Waals surface area contributed by atoms with Gasteiger partial charge >= 0.3 is 0 Å². The van der Waals surface area contributed by atoms with E-state index in [1.165, 1.54) is 32.1 Å². The van der Waals surface area contributed by atoms with Gasteiger partial charge in [-0.05, 0) is 24.8 Å². The number of nitrogens with zero attached hydrogens (tertiary/aromatic N) is 2. The van der Waals surface area contributed by atoms with Gasteiger partial charge in [-0.3, -0.25) is 0 Å². The predicted molar refractivity (Wildman–Crippen MR) is 64.9 cm³/mol. The number of nitrogens with two attached hydrogens (primary N) is 1. The Bertz CT molecular complexity index is 338. The van der Waals surface area contributed by atoms with E-state index in [0.717, 1.165) is 17.4 Å². The van der Waals surface area contributed by atoms with Crippen LogP contribution in [-0.4, -0.2) is 9.97 Å². The lowest BCUT2D eigenvalue weighted by Crippen LogP contribution is -2.16. The number of hydrogen-bond donors (Lipinski definition) is 1. The summed E-state index contributed by atoms with van der Waals surface area (Å²) in [6.45, 7) is 2.80. The van der Waals surface area contributed by atoms with Gasteiger partial charge in [0.2, 0.25) is 0 Å². The van der Waals surface area contributed by atoms with Crippen LogP contribution in [0.25, 0.3) is 0 Å². The maximum Gasteiger partial charge on any atom is 0.131 e. The fourth-order valence-corrected chi connectivity index (χ4v) is 2.62. The third-order valence-electron chi connectivity index (χ3n) is 3.67. The molecule has 0 amide bonds. The van der Waals surface area contributed by atoms with Crippen molar-refractivity contribution in [3.05, 3.63) is 23.8 Å². The summed E-state index contributed by atoms with van der Waals surface area (Å²) in [5, 5.41) is 0. The Kier molecular flexibility index (Phi) is 3.88. The quantitative estimate of drug-likeness (QED) is 0.850. The summed E-state index contributed by atoms with van der Waals surface area (Å²) in [6, 6.07) is 1.91. The zero-order valence-electron chi connectivity index (χ0n) is 10.0. The third kappa shape index (κ3) is 2.59. The Morgan fingerprint density at radius 1 is 1.44 bits per heavy atom. The first-order chi connectivity index (χ1) is 7.83. The van der Waals surface area contributed by atoms with E-state index in [2.05, 4.69) is 16.9 Å². The molecular weight excluding hydrogens is 198 g/mol. The smallest absolute Gasteiger partial charge is 0.131 e. The monoisotopic (exact) mass is 219 g/mol. The Balaban J connectivity index is 2.10. The van der Waals surface area contributed by atoms with Gasteiger partial charge < -0.3 is 5.73 Å². The highest BCUT2D eigenvalue weighted by atomic mass is 14.9. The molecule has 1 saturated carbocycles. The molecule has 16 heavy (non-hydrogen) atoms. The van der Waals surface area contributed by atoms with Gasteiger partial charge in [0, 0.05) is 18.7 Å². The minimum atomic E-state index is 0.513. The van der Waals surface area contributed by atoms with Crippen molar-refractivity contribution in [1.82, 2.24) is 9.97 Å². The summed E-state index contributed by atoms with van der Waals surface area (Å²) in [7, 11) is 0. The SMILES string of the molecule is CCC1CCCC(c2nccc(CN)n2)C1. The molecule has 1 aromatic heterocycles. The maximum atomic E-state index is 5.61. The Hall–Kier alpha value is -0.960. The maximum absolute atomic E-state index is 5.61. The van der Waals surface area contributed by atoms with Crippen LogP contribution in [0.4, 0.5) is 0 Å². The average molecular weight is 219 g/mol. The van der Waals surface area contributed by atoms with Crippen LogP contribution in [0.15, 0.2) is 12.3 Å². The molecule has 0 radical (unpaired) electrons. The van der Waals surface area contributed by atoms with Gasteiger partial charge in [-0.25, -0.2) is 9.97 Å². The lowest BCUT2D eigenvalue weighted by Gasteiger charge is -2.27. The highest BCUT2D eigenvalue weighted by Gasteiger charge is 2.23. The summed E-state index contributed by atoms with van der Waals surface area (Å²) < 4.78 is 0. The van der Waals surface area contributed by atoms with Gasteiger partial charge in [-0.2, -0.15) is 0 Å². The van der Waals surface area contributed by atoms with Crippen molar-refractivity contribution < 1.29 is 0 Å². The summed E-state index contributed by atoms with van der Waals surface area (Å²) in [5.74, 6) is 2.44. The van der Waals surface area contributed by atoms with Gasteiger partial charge in [0.1, 0.15) is 5.82 Å². The molecule has 2 rings (SSSR count). The lowest BCUT2D eigenvalue weighted by molar-refractivity contribution is 0.307. The molecule has 1 aliphatic rings. The molecule has 2 N–H and O–H groups in total. The minimum Gasteiger partial charge on any atom is -0.325 e. The molecule has 3 heteroatoms. The van der Waals surface area contributed by atoms with E-state index in [1.807, 2.05) is 12.3 Å². The Morgan fingerprint density at radius 2 is 2.31 bits per heavy atom. The minimum absolute atomic E-state index is 0.513. The van der Waals surface area contributed by atoms with Gasteiger partial charge in [0.05, 0.1) is 5.69 Å². The first-order valence-electron chi connectivity index (χ1n) is 6.35. The fourth-order valence-electron chi connectivity index (χ4n) is 2.62. The zero-order valence-corrected chi connectivity index (χ0v) is 10.0. The largest absolute Gasteiger partial charge is 0.325 e. The molecule has 2 unspecified atom stereocenters. The van der Waals surface area contributed by atoms with Crippen molar-refractivity contribution in [2.45, 2.75) is 51.5 Å². The van der Waals surface area contributed by atoms with Gasteiger partial charge in [0.15, 0.2) is 0 Å². The Morgan fingerprint density at radius 3 is 3.06 bits per heavy atom. The molecule has 0 aromatic carbocycles. The zero-order chi connectivity index (χ0) is 11.4. The second kappa shape index (κ2) is 5.39. The first kappa shape index (κ1) is 11.5. The summed E-state index contributed by atoms with van der Waals surface area (Å²) >= 11 is 0.